The van der Waals surface area contributed by atoms with Crippen LogP contribution in [0.5, 0.6) is 0 Å². The van der Waals surface area contributed by atoms with E-state index >= 15 is 0 Å². The van der Waals surface area contributed by atoms with Crippen molar-refractivity contribution < 1.29 is 9.18 Å². The number of nitrogens with one attached hydrogen (secondary N) is 1. The van der Waals surface area contributed by atoms with Crippen LogP contribution in [0, 0.1) is 5.82 Å². The van der Waals surface area contributed by atoms with Crippen molar-refractivity contribution in [2.45, 2.75) is 0 Å². The number of benzene rings is 2. The number of halogens is 1. The summed E-state index contributed by atoms with van der Waals surface area (Å²) < 4.78 is 16.9. The fourth-order valence-corrected chi connectivity index (χ4v) is 3.43. The monoisotopic (exact) mass is 363 g/mol. The van der Waals surface area contributed by atoms with Crippen LogP contribution in [-0.2, 0) is 4.79 Å². The molecule has 0 radical (unpaired) electrons. The highest BCUT2D eigenvalue weighted by Crippen LogP contribution is 2.23. The smallest absolute Gasteiger partial charge is 0.248 e. The molecule has 0 aliphatic carbocycles. The summed E-state index contributed by atoms with van der Waals surface area (Å²) in [4.78, 5) is 16.6. The standard InChI is InChI=1S/C20H14FN3OS/c21-15-8-7-14(24-11-3-4-12-24)13-17(15)22-19(25)9-10-20-23-16-5-1-2-6-18(16)26-20/h1-13H,(H,22,25)/b10-9+. The van der Waals surface area contributed by atoms with Crippen LogP contribution in [-0.4, -0.2) is 15.5 Å². The molecule has 4 rings (SSSR count). The van der Waals surface area contributed by atoms with Crippen molar-refractivity contribution in [2.75, 3.05) is 5.32 Å². The van der Waals surface area contributed by atoms with E-state index in [-0.39, 0.29) is 5.69 Å². The zero-order valence-corrected chi connectivity index (χ0v) is 14.4. The second-order valence-corrected chi connectivity index (χ2v) is 6.66. The van der Waals surface area contributed by atoms with Crippen LogP contribution in [0.15, 0.2) is 73.1 Å². The molecule has 2 aromatic carbocycles. The van der Waals surface area contributed by atoms with Gasteiger partial charge in [-0.05, 0) is 48.5 Å². The molecule has 128 valence electrons. The number of anilines is 1. The molecule has 0 saturated carbocycles. The van der Waals surface area contributed by atoms with E-state index < -0.39 is 11.7 Å². The average Bonchev–Trinajstić information content (AvgIpc) is 3.31. The Balaban J connectivity index is 1.51. The maximum absolute atomic E-state index is 14.0. The lowest BCUT2D eigenvalue weighted by Crippen LogP contribution is -2.09. The number of thiazole rings is 1. The third kappa shape index (κ3) is 3.41. The van der Waals surface area contributed by atoms with Gasteiger partial charge in [-0.2, -0.15) is 0 Å². The molecule has 26 heavy (non-hydrogen) atoms. The number of hydrogen-bond donors (Lipinski definition) is 1. The molecule has 1 N–H and O–H groups in total. The van der Waals surface area contributed by atoms with Gasteiger partial charge >= 0.3 is 0 Å². The number of fused-ring (bicyclic) bond motifs is 1. The Morgan fingerprint density at radius 1 is 1.12 bits per heavy atom. The van der Waals surface area contributed by atoms with Crippen molar-refractivity contribution >= 4 is 39.2 Å². The highest BCUT2D eigenvalue weighted by atomic mass is 32.1. The zero-order chi connectivity index (χ0) is 17.9. The Hall–Kier alpha value is -3.25. The number of rotatable bonds is 4. The largest absolute Gasteiger partial charge is 0.324 e. The van der Waals surface area contributed by atoms with Crippen LogP contribution in [0.4, 0.5) is 10.1 Å². The summed E-state index contributed by atoms with van der Waals surface area (Å²) in [6.45, 7) is 0. The molecule has 0 bridgehead atoms. The SMILES string of the molecule is O=C(/C=C/c1nc2ccccc2s1)Nc1cc(-n2cccc2)ccc1F. The van der Waals surface area contributed by atoms with Gasteiger partial charge in [0.15, 0.2) is 0 Å². The lowest BCUT2D eigenvalue weighted by atomic mass is 10.2. The van der Waals surface area contributed by atoms with E-state index in [1.807, 2.05) is 53.4 Å². The number of carbonyl (C=O) groups is 1. The van der Waals surface area contributed by atoms with E-state index in [9.17, 15) is 9.18 Å². The van der Waals surface area contributed by atoms with Crippen molar-refractivity contribution in [2.24, 2.45) is 0 Å². The first kappa shape index (κ1) is 16.2. The Morgan fingerprint density at radius 2 is 1.92 bits per heavy atom. The van der Waals surface area contributed by atoms with Crippen LogP contribution in [0.25, 0.3) is 22.0 Å². The Bertz CT molecular complexity index is 1070. The van der Waals surface area contributed by atoms with Gasteiger partial charge in [-0.3, -0.25) is 4.79 Å². The minimum absolute atomic E-state index is 0.134. The van der Waals surface area contributed by atoms with Crippen molar-refractivity contribution in [3.05, 3.63) is 83.9 Å². The summed E-state index contributed by atoms with van der Waals surface area (Å²) in [7, 11) is 0. The average molecular weight is 363 g/mol. The van der Waals surface area contributed by atoms with Gasteiger partial charge in [0.2, 0.25) is 5.91 Å². The van der Waals surface area contributed by atoms with Crippen LogP contribution >= 0.6 is 11.3 Å². The highest BCUT2D eigenvalue weighted by Gasteiger charge is 2.07. The second kappa shape index (κ2) is 6.93. The van der Waals surface area contributed by atoms with Crippen molar-refractivity contribution in [3.8, 4) is 5.69 Å². The molecule has 0 saturated heterocycles. The van der Waals surface area contributed by atoms with Crippen LogP contribution in [0.2, 0.25) is 0 Å². The van der Waals surface area contributed by atoms with Crippen molar-refractivity contribution in [1.82, 2.24) is 9.55 Å². The predicted molar refractivity (Wildman–Crippen MR) is 103 cm³/mol. The molecule has 4 nitrogen and oxygen atoms in total. The summed E-state index contributed by atoms with van der Waals surface area (Å²) in [5.41, 5.74) is 1.79. The zero-order valence-electron chi connectivity index (χ0n) is 13.6. The molecule has 4 aromatic rings. The highest BCUT2D eigenvalue weighted by molar-refractivity contribution is 7.19. The molecular formula is C20H14FN3OS. The first-order chi connectivity index (χ1) is 12.7. The number of amides is 1. The molecule has 0 aliphatic heterocycles. The fraction of sp³-hybridized carbons (Fsp3) is 0. The van der Waals surface area contributed by atoms with Gasteiger partial charge in [0.25, 0.3) is 0 Å². The topological polar surface area (TPSA) is 46.9 Å². The summed E-state index contributed by atoms with van der Waals surface area (Å²) in [5.74, 6) is -0.893. The summed E-state index contributed by atoms with van der Waals surface area (Å²) >= 11 is 1.49. The molecule has 2 aromatic heterocycles. The van der Waals surface area contributed by atoms with E-state index in [4.69, 9.17) is 0 Å². The fourth-order valence-electron chi connectivity index (χ4n) is 2.56. The maximum atomic E-state index is 14.0. The lowest BCUT2D eigenvalue weighted by molar-refractivity contribution is -0.111. The van der Waals surface area contributed by atoms with E-state index in [0.717, 1.165) is 20.9 Å². The van der Waals surface area contributed by atoms with Gasteiger partial charge in [0.05, 0.1) is 15.9 Å². The molecule has 0 aliphatic rings. The van der Waals surface area contributed by atoms with E-state index in [1.165, 1.54) is 23.5 Å². The molecule has 0 fully saturated rings. The first-order valence-electron chi connectivity index (χ1n) is 7.96. The number of carbonyl (C=O) groups excluding carboxylic acids is 1. The summed E-state index contributed by atoms with van der Waals surface area (Å²) in [6, 6.07) is 16.1. The van der Waals surface area contributed by atoms with Crippen molar-refractivity contribution in [1.29, 1.82) is 0 Å². The lowest BCUT2D eigenvalue weighted by Gasteiger charge is -2.08. The summed E-state index contributed by atoms with van der Waals surface area (Å²) in [5, 5.41) is 3.30. The number of para-hydroxylation sites is 1. The van der Waals surface area contributed by atoms with Gasteiger partial charge in [-0.15, -0.1) is 11.3 Å². The van der Waals surface area contributed by atoms with Crippen LogP contribution in [0.3, 0.4) is 0 Å². The summed E-state index contributed by atoms with van der Waals surface area (Å²) in [6.07, 6.45) is 6.70. The molecule has 6 heteroatoms. The molecule has 2 heterocycles. The number of hydrogen-bond acceptors (Lipinski definition) is 3. The molecule has 1 amide bonds. The predicted octanol–water partition coefficient (Wildman–Crippen LogP) is 4.88. The van der Waals surface area contributed by atoms with Gasteiger partial charge in [0.1, 0.15) is 10.8 Å². The third-order valence-electron chi connectivity index (χ3n) is 3.80. The Kier molecular flexibility index (Phi) is 4.33. The van der Waals surface area contributed by atoms with Crippen molar-refractivity contribution in [3.63, 3.8) is 0 Å². The molecule has 0 atom stereocenters. The minimum Gasteiger partial charge on any atom is -0.324 e. The van der Waals surface area contributed by atoms with E-state index in [0.29, 0.717) is 0 Å². The van der Waals surface area contributed by atoms with Gasteiger partial charge < -0.3 is 9.88 Å². The van der Waals surface area contributed by atoms with Gasteiger partial charge in [-0.25, -0.2) is 9.37 Å². The van der Waals surface area contributed by atoms with Crippen LogP contribution < -0.4 is 5.32 Å². The number of nitrogens with zero attached hydrogens (tertiary/aromatic N) is 2. The van der Waals surface area contributed by atoms with Crippen LogP contribution in [0.1, 0.15) is 5.01 Å². The quantitative estimate of drug-likeness (QED) is 0.526. The second-order valence-electron chi connectivity index (χ2n) is 5.60. The minimum atomic E-state index is -0.484. The molecule has 0 unspecified atom stereocenters. The molecule has 0 spiro atoms. The Morgan fingerprint density at radius 3 is 2.73 bits per heavy atom. The Labute approximate surface area is 153 Å². The van der Waals surface area contributed by atoms with Gasteiger partial charge in [0, 0.05) is 24.2 Å². The van der Waals surface area contributed by atoms with E-state index in [2.05, 4.69) is 10.3 Å². The maximum Gasteiger partial charge on any atom is 0.248 e. The number of aromatic nitrogens is 2. The van der Waals surface area contributed by atoms with E-state index in [1.54, 1.807) is 18.2 Å². The molecular weight excluding hydrogens is 349 g/mol. The third-order valence-corrected chi connectivity index (χ3v) is 4.80. The normalized spacial score (nSPS) is 11.3. The van der Waals surface area contributed by atoms with Gasteiger partial charge in [-0.1, -0.05) is 12.1 Å². The first-order valence-corrected chi connectivity index (χ1v) is 8.78.